The molecule has 0 amide bonds. The van der Waals surface area contributed by atoms with E-state index in [0.717, 1.165) is 6.07 Å². The SMILES string of the molecule is NS(=O)(=O)CCCNc1c([N+](=O)[O-])ccc(F)c1F. The van der Waals surface area contributed by atoms with E-state index in [0.29, 0.717) is 6.07 Å². The number of primary sulfonamides is 1. The van der Waals surface area contributed by atoms with Crippen LogP contribution in [0.25, 0.3) is 0 Å². The Hall–Kier alpha value is -1.81. The third-order valence-electron chi connectivity index (χ3n) is 2.18. The molecule has 0 radical (unpaired) electrons. The smallest absolute Gasteiger partial charge is 0.295 e. The number of nitro groups is 1. The lowest BCUT2D eigenvalue weighted by molar-refractivity contribution is -0.384. The minimum atomic E-state index is -3.66. The van der Waals surface area contributed by atoms with E-state index in [1.807, 2.05) is 0 Å². The second-order valence-corrected chi connectivity index (χ2v) is 5.39. The molecule has 0 unspecified atom stereocenters. The van der Waals surface area contributed by atoms with Gasteiger partial charge in [-0.2, -0.15) is 0 Å². The van der Waals surface area contributed by atoms with E-state index in [9.17, 15) is 27.3 Å². The molecule has 0 aliphatic heterocycles. The molecule has 0 aliphatic rings. The number of hydrogen-bond donors (Lipinski definition) is 2. The number of halogens is 2. The number of nitrogens with one attached hydrogen (secondary N) is 1. The van der Waals surface area contributed by atoms with Gasteiger partial charge < -0.3 is 5.32 Å². The molecule has 0 heterocycles. The Kier molecular flexibility index (Phi) is 4.72. The minimum absolute atomic E-state index is 0.00589. The molecular weight excluding hydrogens is 284 g/mol. The first-order chi connectivity index (χ1) is 8.72. The lowest BCUT2D eigenvalue weighted by Crippen LogP contribution is -2.19. The Bertz CT molecular complexity index is 591. The quantitative estimate of drug-likeness (QED) is 0.461. The monoisotopic (exact) mass is 295 g/mol. The molecule has 106 valence electrons. The highest BCUT2D eigenvalue weighted by molar-refractivity contribution is 7.89. The molecule has 0 fully saturated rings. The van der Waals surface area contributed by atoms with Gasteiger partial charge in [0, 0.05) is 12.6 Å². The van der Waals surface area contributed by atoms with Crippen molar-refractivity contribution in [1.29, 1.82) is 0 Å². The highest BCUT2D eigenvalue weighted by atomic mass is 32.2. The highest BCUT2D eigenvalue weighted by Gasteiger charge is 2.21. The van der Waals surface area contributed by atoms with Crippen molar-refractivity contribution in [2.24, 2.45) is 5.14 Å². The van der Waals surface area contributed by atoms with Gasteiger partial charge >= 0.3 is 0 Å². The van der Waals surface area contributed by atoms with Crippen molar-refractivity contribution in [3.63, 3.8) is 0 Å². The first-order valence-corrected chi connectivity index (χ1v) is 6.80. The summed E-state index contributed by atoms with van der Waals surface area (Å²) in [6.07, 6.45) is 0.00589. The summed E-state index contributed by atoms with van der Waals surface area (Å²) in [5.74, 6) is -2.99. The van der Waals surface area contributed by atoms with Crippen LogP contribution in [0, 0.1) is 21.7 Å². The van der Waals surface area contributed by atoms with Crippen molar-refractivity contribution >= 4 is 21.4 Å². The van der Waals surface area contributed by atoms with Crippen molar-refractivity contribution < 1.29 is 22.1 Å². The zero-order valence-electron chi connectivity index (χ0n) is 9.60. The van der Waals surface area contributed by atoms with Gasteiger partial charge in [0.05, 0.1) is 10.7 Å². The van der Waals surface area contributed by atoms with E-state index in [4.69, 9.17) is 5.14 Å². The van der Waals surface area contributed by atoms with Crippen molar-refractivity contribution in [1.82, 2.24) is 0 Å². The van der Waals surface area contributed by atoms with Gasteiger partial charge in [0.15, 0.2) is 17.3 Å². The Morgan fingerprint density at radius 3 is 2.53 bits per heavy atom. The Morgan fingerprint density at radius 2 is 2.00 bits per heavy atom. The molecule has 0 atom stereocenters. The van der Waals surface area contributed by atoms with Crippen LogP contribution in [0.4, 0.5) is 20.2 Å². The third kappa shape index (κ3) is 4.41. The fraction of sp³-hybridized carbons (Fsp3) is 0.333. The Morgan fingerprint density at radius 1 is 1.37 bits per heavy atom. The summed E-state index contributed by atoms with van der Waals surface area (Å²) in [6, 6.07) is 1.46. The van der Waals surface area contributed by atoms with Gasteiger partial charge in [-0.3, -0.25) is 10.1 Å². The van der Waals surface area contributed by atoms with Crippen LogP contribution in [0.15, 0.2) is 12.1 Å². The lowest BCUT2D eigenvalue weighted by atomic mass is 10.2. The molecule has 19 heavy (non-hydrogen) atoms. The number of anilines is 1. The fourth-order valence-corrected chi connectivity index (χ4v) is 1.89. The van der Waals surface area contributed by atoms with Crippen LogP contribution in [0.1, 0.15) is 6.42 Å². The number of nitrogens with zero attached hydrogens (tertiary/aromatic N) is 1. The predicted octanol–water partition coefficient (Wildman–Crippen LogP) is 0.964. The van der Waals surface area contributed by atoms with E-state index >= 15 is 0 Å². The number of nitro benzene ring substituents is 1. The van der Waals surface area contributed by atoms with Gasteiger partial charge in [-0.05, 0) is 12.5 Å². The number of benzene rings is 1. The highest BCUT2D eigenvalue weighted by Crippen LogP contribution is 2.28. The van der Waals surface area contributed by atoms with Crippen LogP contribution in [-0.4, -0.2) is 25.6 Å². The van der Waals surface area contributed by atoms with Crippen molar-refractivity contribution in [3.05, 3.63) is 33.9 Å². The standard InChI is InChI=1S/C9H11F2N3O4S/c10-6-2-3-7(14(15)16)9(8(6)11)13-4-1-5-19(12,17)18/h2-3,13H,1,4-5H2,(H2,12,17,18). The molecule has 1 rings (SSSR count). The molecule has 0 aliphatic carbocycles. The number of sulfonamides is 1. The normalized spacial score (nSPS) is 11.3. The van der Waals surface area contributed by atoms with Crippen LogP contribution < -0.4 is 10.5 Å². The van der Waals surface area contributed by atoms with Gasteiger partial charge in [0.25, 0.3) is 5.69 Å². The van der Waals surface area contributed by atoms with Crippen LogP contribution in [0.3, 0.4) is 0 Å². The topological polar surface area (TPSA) is 115 Å². The van der Waals surface area contributed by atoms with Gasteiger partial charge in [0.2, 0.25) is 10.0 Å². The average Bonchev–Trinajstić information content (AvgIpc) is 2.28. The first-order valence-electron chi connectivity index (χ1n) is 5.09. The molecule has 3 N–H and O–H groups in total. The Balaban J connectivity index is 2.82. The predicted molar refractivity (Wildman–Crippen MR) is 64.1 cm³/mol. The summed E-state index contributed by atoms with van der Waals surface area (Å²) in [6.45, 7) is -0.0996. The van der Waals surface area contributed by atoms with E-state index in [2.05, 4.69) is 5.32 Å². The summed E-state index contributed by atoms with van der Waals surface area (Å²) < 4.78 is 47.7. The lowest BCUT2D eigenvalue weighted by Gasteiger charge is -2.08. The average molecular weight is 295 g/mol. The zero-order chi connectivity index (χ0) is 14.6. The molecule has 0 saturated heterocycles. The molecule has 1 aromatic rings. The molecule has 1 aromatic carbocycles. The largest absolute Gasteiger partial charge is 0.377 e. The molecule has 7 nitrogen and oxygen atoms in total. The van der Waals surface area contributed by atoms with Crippen molar-refractivity contribution in [3.8, 4) is 0 Å². The molecule has 0 spiro atoms. The molecule has 0 bridgehead atoms. The second kappa shape index (κ2) is 5.89. The number of nitrogens with two attached hydrogens (primary N) is 1. The summed E-state index contributed by atoms with van der Waals surface area (Å²) in [5, 5.41) is 17.7. The van der Waals surface area contributed by atoms with Crippen molar-refractivity contribution in [2.45, 2.75) is 6.42 Å². The minimum Gasteiger partial charge on any atom is -0.377 e. The van der Waals surface area contributed by atoms with Gasteiger partial charge in [-0.25, -0.2) is 22.3 Å². The maximum absolute atomic E-state index is 13.4. The van der Waals surface area contributed by atoms with Crippen molar-refractivity contribution in [2.75, 3.05) is 17.6 Å². The molecule has 10 heteroatoms. The second-order valence-electron chi connectivity index (χ2n) is 3.66. The summed E-state index contributed by atoms with van der Waals surface area (Å²) >= 11 is 0. The number of hydrogen-bond acceptors (Lipinski definition) is 5. The van der Waals surface area contributed by atoms with Crippen LogP contribution in [-0.2, 0) is 10.0 Å². The first kappa shape index (κ1) is 15.2. The number of rotatable bonds is 6. The van der Waals surface area contributed by atoms with E-state index in [1.54, 1.807) is 0 Å². The third-order valence-corrected chi connectivity index (χ3v) is 3.03. The van der Waals surface area contributed by atoms with Crippen LogP contribution >= 0.6 is 0 Å². The van der Waals surface area contributed by atoms with Crippen LogP contribution in [0.2, 0.25) is 0 Å². The maximum Gasteiger partial charge on any atom is 0.295 e. The molecule has 0 saturated carbocycles. The van der Waals surface area contributed by atoms with Gasteiger partial charge in [-0.15, -0.1) is 0 Å². The van der Waals surface area contributed by atoms with Gasteiger partial charge in [-0.1, -0.05) is 0 Å². The van der Waals surface area contributed by atoms with E-state index in [1.165, 1.54) is 0 Å². The molecule has 0 aromatic heterocycles. The Labute approximate surface area is 107 Å². The summed E-state index contributed by atoms with van der Waals surface area (Å²) in [5.41, 5.74) is -1.24. The summed E-state index contributed by atoms with van der Waals surface area (Å²) in [4.78, 5) is 9.77. The van der Waals surface area contributed by atoms with E-state index < -0.39 is 38.0 Å². The van der Waals surface area contributed by atoms with E-state index in [-0.39, 0.29) is 18.7 Å². The van der Waals surface area contributed by atoms with Crippen LogP contribution in [0.5, 0.6) is 0 Å². The zero-order valence-corrected chi connectivity index (χ0v) is 10.4. The maximum atomic E-state index is 13.4. The summed E-state index contributed by atoms with van der Waals surface area (Å²) in [7, 11) is -3.66. The molecular formula is C9H11F2N3O4S. The van der Waals surface area contributed by atoms with Gasteiger partial charge in [0.1, 0.15) is 0 Å². The fourth-order valence-electron chi connectivity index (χ4n) is 1.35.